The fourth-order valence-corrected chi connectivity index (χ4v) is 2.18. The van der Waals surface area contributed by atoms with Crippen LogP contribution in [-0.4, -0.2) is 54.6 Å². The first kappa shape index (κ1) is 17.3. The standard InChI is InChI=1S/C16H23NO4/c1-11(15(19)14(12(2)18)17(3)4)10-21-16(20)13-8-6-5-7-9-13/h5-9,11,14-15,19H,10H2,1-4H3/t11-,14-,15-/m1/s1. The molecule has 0 aliphatic rings. The summed E-state index contributed by atoms with van der Waals surface area (Å²) in [6.07, 6.45) is -0.888. The Hall–Kier alpha value is -1.72. The first-order valence-electron chi connectivity index (χ1n) is 6.91. The van der Waals surface area contributed by atoms with Crippen LogP contribution in [0.3, 0.4) is 0 Å². The highest BCUT2D eigenvalue weighted by Gasteiger charge is 2.30. The van der Waals surface area contributed by atoms with Gasteiger partial charge >= 0.3 is 5.97 Å². The molecule has 0 fully saturated rings. The van der Waals surface area contributed by atoms with Gasteiger partial charge in [0.15, 0.2) is 0 Å². The molecule has 21 heavy (non-hydrogen) atoms. The van der Waals surface area contributed by atoms with Crippen LogP contribution in [0, 0.1) is 5.92 Å². The van der Waals surface area contributed by atoms with Gasteiger partial charge in [-0.05, 0) is 33.2 Å². The van der Waals surface area contributed by atoms with Crippen molar-refractivity contribution in [3.8, 4) is 0 Å². The fraction of sp³-hybridized carbons (Fsp3) is 0.500. The zero-order chi connectivity index (χ0) is 16.0. The fourth-order valence-electron chi connectivity index (χ4n) is 2.18. The van der Waals surface area contributed by atoms with E-state index in [1.54, 1.807) is 50.2 Å². The number of esters is 1. The predicted octanol–water partition coefficient (Wildman–Crippen LogP) is 1.36. The van der Waals surface area contributed by atoms with Gasteiger partial charge in [-0.25, -0.2) is 4.79 Å². The number of hydrogen-bond donors (Lipinski definition) is 1. The van der Waals surface area contributed by atoms with E-state index in [1.807, 2.05) is 6.07 Å². The molecule has 0 unspecified atom stereocenters. The lowest BCUT2D eigenvalue weighted by Crippen LogP contribution is -2.48. The first-order chi connectivity index (χ1) is 9.84. The number of benzene rings is 1. The summed E-state index contributed by atoms with van der Waals surface area (Å²) in [5, 5.41) is 10.2. The Bertz CT molecular complexity index is 472. The zero-order valence-corrected chi connectivity index (χ0v) is 12.9. The van der Waals surface area contributed by atoms with Crippen LogP contribution in [0.15, 0.2) is 30.3 Å². The lowest BCUT2D eigenvalue weighted by molar-refractivity contribution is -0.126. The number of hydrogen-bond acceptors (Lipinski definition) is 5. The number of rotatable bonds is 7. The second kappa shape index (κ2) is 7.90. The molecule has 0 heterocycles. The second-order valence-corrected chi connectivity index (χ2v) is 5.45. The summed E-state index contributed by atoms with van der Waals surface area (Å²) in [5.41, 5.74) is 0.468. The molecule has 0 saturated carbocycles. The van der Waals surface area contributed by atoms with Crippen molar-refractivity contribution < 1.29 is 19.4 Å². The van der Waals surface area contributed by atoms with Crippen LogP contribution in [0.4, 0.5) is 0 Å². The number of carbonyl (C=O) groups excluding carboxylic acids is 2. The molecule has 0 aliphatic heterocycles. The van der Waals surface area contributed by atoms with Crippen molar-refractivity contribution in [2.24, 2.45) is 5.92 Å². The van der Waals surface area contributed by atoms with Gasteiger partial charge in [-0.15, -0.1) is 0 Å². The molecule has 3 atom stereocenters. The third-order valence-corrected chi connectivity index (χ3v) is 3.37. The zero-order valence-electron chi connectivity index (χ0n) is 12.9. The van der Waals surface area contributed by atoms with Crippen LogP contribution in [0.5, 0.6) is 0 Å². The van der Waals surface area contributed by atoms with Gasteiger partial charge in [-0.2, -0.15) is 0 Å². The lowest BCUT2D eigenvalue weighted by atomic mass is 9.95. The number of carbonyl (C=O) groups is 2. The van der Waals surface area contributed by atoms with Gasteiger partial charge < -0.3 is 9.84 Å². The van der Waals surface area contributed by atoms with E-state index in [0.717, 1.165) is 0 Å². The number of aliphatic hydroxyl groups excluding tert-OH is 1. The average molecular weight is 293 g/mol. The molecular weight excluding hydrogens is 270 g/mol. The van der Waals surface area contributed by atoms with E-state index in [1.165, 1.54) is 6.92 Å². The van der Waals surface area contributed by atoms with E-state index in [2.05, 4.69) is 0 Å². The minimum atomic E-state index is -0.888. The van der Waals surface area contributed by atoms with Crippen LogP contribution in [0.25, 0.3) is 0 Å². The van der Waals surface area contributed by atoms with Crippen molar-refractivity contribution in [3.05, 3.63) is 35.9 Å². The Morgan fingerprint density at radius 2 is 1.81 bits per heavy atom. The maximum Gasteiger partial charge on any atom is 0.338 e. The molecule has 0 radical (unpaired) electrons. The summed E-state index contributed by atoms with van der Waals surface area (Å²) in [7, 11) is 3.47. The van der Waals surface area contributed by atoms with Crippen molar-refractivity contribution in [2.75, 3.05) is 20.7 Å². The predicted molar refractivity (Wildman–Crippen MR) is 80.1 cm³/mol. The molecule has 1 rings (SSSR count). The van der Waals surface area contributed by atoms with E-state index in [-0.39, 0.29) is 18.3 Å². The number of Topliss-reactive ketones (excluding diaryl/α,β-unsaturated/α-hetero) is 1. The monoisotopic (exact) mass is 293 g/mol. The minimum Gasteiger partial charge on any atom is -0.462 e. The summed E-state index contributed by atoms with van der Waals surface area (Å²) in [6, 6.07) is 8.07. The average Bonchev–Trinajstić information content (AvgIpc) is 2.44. The van der Waals surface area contributed by atoms with E-state index in [9.17, 15) is 14.7 Å². The summed E-state index contributed by atoms with van der Waals surface area (Å²) in [6.45, 7) is 3.26. The van der Waals surface area contributed by atoms with Gasteiger partial charge in [0.25, 0.3) is 0 Å². The van der Waals surface area contributed by atoms with E-state index >= 15 is 0 Å². The normalized spacial score (nSPS) is 15.3. The van der Waals surface area contributed by atoms with Crippen LogP contribution in [-0.2, 0) is 9.53 Å². The molecule has 116 valence electrons. The third-order valence-electron chi connectivity index (χ3n) is 3.37. The molecule has 0 aliphatic carbocycles. The quantitative estimate of drug-likeness (QED) is 0.769. The van der Waals surface area contributed by atoms with E-state index in [4.69, 9.17) is 4.74 Å². The lowest BCUT2D eigenvalue weighted by Gasteiger charge is -2.30. The van der Waals surface area contributed by atoms with Crippen LogP contribution < -0.4 is 0 Å². The highest BCUT2D eigenvalue weighted by Crippen LogP contribution is 2.14. The largest absolute Gasteiger partial charge is 0.462 e. The van der Waals surface area contributed by atoms with Crippen molar-refractivity contribution in [2.45, 2.75) is 26.0 Å². The SMILES string of the molecule is CC(=O)[C@H]([C@H](O)[C@H](C)COC(=O)c1ccccc1)N(C)C. The summed E-state index contributed by atoms with van der Waals surface area (Å²) in [5.74, 6) is -0.887. The van der Waals surface area contributed by atoms with Gasteiger partial charge in [0.1, 0.15) is 5.78 Å². The molecule has 1 N–H and O–H groups in total. The number of nitrogens with zero attached hydrogens (tertiary/aromatic N) is 1. The van der Waals surface area contributed by atoms with Gasteiger partial charge in [-0.1, -0.05) is 25.1 Å². The second-order valence-electron chi connectivity index (χ2n) is 5.45. The molecule has 5 heteroatoms. The number of ketones is 1. The van der Waals surface area contributed by atoms with Crippen LogP contribution in [0.2, 0.25) is 0 Å². The summed E-state index contributed by atoms with van der Waals surface area (Å²) < 4.78 is 5.19. The van der Waals surface area contributed by atoms with Crippen molar-refractivity contribution in [1.82, 2.24) is 4.90 Å². The topological polar surface area (TPSA) is 66.8 Å². The highest BCUT2D eigenvalue weighted by atomic mass is 16.5. The Kier molecular flexibility index (Phi) is 6.52. The molecular formula is C16H23NO4. The van der Waals surface area contributed by atoms with Crippen molar-refractivity contribution in [3.63, 3.8) is 0 Å². The molecule has 0 spiro atoms. The van der Waals surface area contributed by atoms with Crippen LogP contribution in [0.1, 0.15) is 24.2 Å². The number of aliphatic hydroxyl groups is 1. The molecule has 0 saturated heterocycles. The van der Waals surface area contributed by atoms with E-state index < -0.39 is 18.1 Å². The minimum absolute atomic E-state index is 0.0620. The Balaban J connectivity index is 2.58. The summed E-state index contributed by atoms with van der Waals surface area (Å²) in [4.78, 5) is 25.1. The Morgan fingerprint density at radius 1 is 1.24 bits per heavy atom. The van der Waals surface area contributed by atoms with Crippen molar-refractivity contribution >= 4 is 11.8 Å². The van der Waals surface area contributed by atoms with Gasteiger partial charge in [-0.3, -0.25) is 9.69 Å². The molecule has 0 aromatic heterocycles. The molecule has 5 nitrogen and oxygen atoms in total. The van der Waals surface area contributed by atoms with Gasteiger partial charge in [0, 0.05) is 5.92 Å². The Morgan fingerprint density at radius 3 is 2.29 bits per heavy atom. The third kappa shape index (κ3) is 4.95. The maximum absolute atomic E-state index is 11.8. The number of likely N-dealkylation sites (N-methyl/N-ethyl adjacent to an activating group) is 1. The van der Waals surface area contributed by atoms with Gasteiger partial charge in [0.05, 0.1) is 24.3 Å². The maximum atomic E-state index is 11.8. The molecule has 0 amide bonds. The van der Waals surface area contributed by atoms with Crippen molar-refractivity contribution in [1.29, 1.82) is 0 Å². The van der Waals surface area contributed by atoms with E-state index in [0.29, 0.717) is 5.56 Å². The molecule has 1 aromatic carbocycles. The molecule has 1 aromatic rings. The van der Waals surface area contributed by atoms with Gasteiger partial charge in [0.2, 0.25) is 0 Å². The highest BCUT2D eigenvalue weighted by molar-refractivity contribution is 5.89. The summed E-state index contributed by atoms with van der Waals surface area (Å²) >= 11 is 0. The Labute approximate surface area is 125 Å². The first-order valence-corrected chi connectivity index (χ1v) is 6.91. The van der Waals surface area contributed by atoms with Crippen LogP contribution >= 0.6 is 0 Å². The number of ether oxygens (including phenoxy) is 1. The molecule has 0 bridgehead atoms. The smallest absolute Gasteiger partial charge is 0.338 e.